The van der Waals surface area contributed by atoms with E-state index in [0.29, 0.717) is 0 Å². The van der Waals surface area contributed by atoms with Gasteiger partial charge in [-0.05, 0) is 46.7 Å². The summed E-state index contributed by atoms with van der Waals surface area (Å²) in [7, 11) is 0. The lowest BCUT2D eigenvalue weighted by Gasteiger charge is -2.16. The molecule has 0 aliphatic heterocycles. The van der Waals surface area contributed by atoms with Crippen LogP contribution in [0.3, 0.4) is 0 Å². The molecular formula is C19H22N4O5. The molecule has 0 bridgehead atoms. The van der Waals surface area contributed by atoms with Gasteiger partial charge in [0.2, 0.25) is 0 Å². The van der Waals surface area contributed by atoms with Gasteiger partial charge in [0, 0.05) is 6.07 Å². The van der Waals surface area contributed by atoms with Crippen LogP contribution >= 0.6 is 0 Å². The first-order valence-electron chi connectivity index (χ1n) is 8.70. The largest absolute Gasteiger partial charge is 0.507 e. The van der Waals surface area contributed by atoms with Crippen LogP contribution in [0.15, 0.2) is 35.4 Å². The maximum atomic E-state index is 11.2. The van der Waals surface area contributed by atoms with Crippen LogP contribution < -0.4 is 5.43 Å². The number of rotatable bonds is 7. The van der Waals surface area contributed by atoms with E-state index in [1.807, 2.05) is 27.7 Å². The van der Waals surface area contributed by atoms with E-state index in [2.05, 4.69) is 10.5 Å². The number of phenols is 1. The number of non-ortho nitro benzene ring substituents is 1. The number of phenolic OH excluding ortho intramolecular Hbond substituents is 1. The highest BCUT2D eigenvalue weighted by molar-refractivity contribution is 5.82. The van der Waals surface area contributed by atoms with Gasteiger partial charge in [-0.3, -0.25) is 25.7 Å². The van der Waals surface area contributed by atoms with Crippen LogP contribution in [0.5, 0.6) is 5.75 Å². The summed E-state index contributed by atoms with van der Waals surface area (Å²) < 4.78 is 0. The Balaban J connectivity index is 2.35. The second-order valence-corrected chi connectivity index (χ2v) is 6.94. The first kappa shape index (κ1) is 20.8. The molecule has 2 N–H and O–H groups in total. The number of nitrogens with one attached hydrogen (secondary N) is 1. The third-order valence-electron chi connectivity index (χ3n) is 4.22. The number of benzene rings is 2. The number of nitro groups is 2. The summed E-state index contributed by atoms with van der Waals surface area (Å²) >= 11 is 0. The first-order chi connectivity index (χ1) is 13.1. The smallest absolute Gasteiger partial charge is 0.301 e. The van der Waals surface area contributed by atoms with Gasteiger partial charge in [-0.2, -0.15) is 5.10 Å². The van der Waals surface area contributed by atoms with Crippen molar-refractivity contribution in [3.05, 3.63) is 67.3 Å². The molecule has 0 aromatic heterocycles. The van der Waals surface area contributed by atoms with Crippen LogP contribution in [0.1, 0.15) is 56.2 Å². The molecule has 2 aromatic carbocycles. The third-order valence-corrected chi connectivity index (χ3v) is 4.22. The van der Waals surface area contributed by atoms with E-state index in [1.165, 1.54) is 18.3 Å². The van der Waals surface area contributed by atoms with Crippen molar-refractivity contribution in [3.63, 3.8) is 0 Å². The van der Waals surface area contributed by atoms with Crippen molar-refractivity contribution >= 4 is 23.3 Å². The Kier molecular flexibility index (Phi) is 6.29. The zero-order chi connectivity index (χ0) is 21.0. The zero-order valence-electron chi connectivity index (χ0n) is 16.0. The predicted molar refractivity (Wildman–Crippen MR) is 107 cm³/mol. The van der Waals surface area contributed by atoms with Crippen molar-refractivity contribution in [3.8, 4) is 5.75 Å². The molecule has 0 radical (unpaired) electrons. The molecule has 2 rings (SSSR count). The van der Waals surface area contributed by atoms with E-state index in [0.717, 1.165) is 22.8 Å². The van der Waals surface area contributed by atoms with Gasteiger partial charge in [-0.25, -0.2) is 0 Å². The molecule has 2 aromatic rings. The molecule has 0 atom stereocenters. The fourth-order valence-electron chi connectivity index (χ4n) is 2.71. The van der Waals surface area contributed by atoms with Crippen molar-refractivity contribution in [1.29, 1.82) is 0 Å². The summed E-state index contributed by atoms with van der Waals surface area (Å²) in [5.41, 5.74) is 4.09. The van der Waals surface area contributed by atoms with E-state index in [1.54, 1.807) is 12.1 Å². The van der Waals surface area contributed by atoms with Gasteiger partial charge in [-0.1, -0.05) is 27.7 Å². The number of hydrogen-bond donors (Lipinski definition) is 2. The van der Waals surface area contributed by atoms with E-state index >= 15 is 0 Å². The number of nitrogens with zero attached hydrogens (tertiary/aromatic N) is 3. The maximum absolute atomic E-state index is 11.2. The van der Waals surface area contributed by atoms with Gasteiger partial charge in [0.05, 0.1) is 22.1 Å². The fraction of sp³-hybridized carbons (Fsp3) is 0.316. The average molecular weight is 386 g/mol. The molecule has 9 heteroatoms. The van der Waals surface area contributed by atoms with Gasteiger partial charge < -0.3 is 5.11 Å². The number of hydrazone groups is 1. The average Bonchev–Trinajstić information content (AvgIpc) is 2.62. The number of hydrogen-bond acceptors (Lipinski definition) is 7. The summed E-state index contributed by atoms with van der Waals surface area (Å²) in [6.45, 7) is 7.88. The van der Waals surface area contributed by atoms with Gasteiger partial charge >= 0.3 is 5.69 Å². The summed E-state index contributed by atoms with van der Waals surface area (Å²) in [6, 6.07) is 6.90. The Hall–Kier alpha value is -3.49. The Morgan fingerprint density at radius 1 is 1.00 bits per heavy atom. The Bertz CT molecular complexity index is 909. The van der Waals surface area contributed by atoms with Crippen molar-refractivity contribution in [2.24, 2.45) is 5.10 Å². The Morgan fingerprint density at radius 2 is 1.57 bits per heavy atom. The molecule has 0 saturated heterocycles. The normalized spacial score (nSPS) is 11.4. The lowest BCUT2D eigenvalue weighted by atomic mass is 9.92. The predicted octanol–water partition coefficient (Wildman–Crippen LogP) is 4.90. The van der Waals surface area contributed by atoms with E-state index < -0.39 is 15.5 Å². The van der Waals surface area contributed by atoms with E-state index in [9.17, 15) is 25.3 Å². The highest BCUT2D eigenvalue weighted by Gasteiger charge is 2.19. The summed E-state index contributed by atoms with van der Waals surface area (Å²) in [4.78, 5) is 20.6. The maximum Gasteiger partial charge on any atom is 0.301 e. The van der Waals surface area contributed by atoms with Crippen LogP contribution in [-0.2, 0) is 0 Å². The molecule has 28 heavy (non-hydrogen) atoms. The number of anilines is 1. The molecule has 0 aliphatic carbocycles. The van der Waals surface area contributed by atoms with Crippen molar-refractivity contribution in [2.75, 3.05) is 5.43 Å². The van der Waals surface area contributed by atoms with Crippen molar-refractivity contribution in [2.45, 2.75) is 39.5 Å². The Morgan fingerprint density at radius 3 is 2.04 bits per heavy atom. The summed E-state index contributed by atoms with van der Waals surface area (Å²) in [5, 5.41) is 36.4. The highest BCUT2D eigenvalue weighted by atomic mass is 16.6. The van der Waals surface area contributed by atoms with E-state index in [4.69, 9.17) is 0 Å². The molecular weight excluding hydrogens is 364 g/mol. The molecule has 0 heterocycles. The SMILES string of the molecule is CC(C)c1cc(/C=N/Nc2ccc([N+](=O)[O-])cc2[N+](=O)[O-])cc(C(C)C)c1O. The van der Waals surface area contributed by atoms with Crippen LogP contribution in [0.2, 0.25) is 0 Å². The van der Waals surface area contributed by atoms with Crippen LogP contribution in [0, 0.1) is 20.2 Å². The second kappa shape index (κ2) is 8.47. The molecule has 0 amide bonds. The lowest BCUT2D eigenvalue weighted by molar-refractivity contribution is -0.393. The minimum atomic E-state index is -0.709. The van der Waals surface area contributed by atoms with Gasteiger partial charge in [0.25, 0.3) is 5.69 Å². The third kappa shape index (κ3) is 4.61. The molecule has 0 spiro atoms. The zero-order valence-corrected chi connectivity index (χ0v) is 16.0. The quantitative estimate of drug-likeness (QED) is 0.395. The minimum Gasteiger partial charge on any atom is -0.507 e. The lowest BCUT2D eigenvalue weighted by Crippen LogP contribution is -2.00. The van der Waals surface area contributed by atoms with Crippen molar-refractivity contribution in [1.82, 2.24) is 0 Å². The fourth-order valence-corrected chi connectivity index (χ4v) is 2.71. The van der Waals surface area contributed by atoms with Gasteiger partial charge in [0.1, 0.15) is 11.4 Å². The minimum absolute atomic E-state index is 0.0406. The number of nitro benzene ring substituents is 2. The topological polar surface area (TPSA) is 131 Å². The van der Waals surface area contributed by atoms with Crippen LogP contribution in [-0.4, -0.2) is 21.2 Å². The Labute approximate surface area is 162 Å². The van der Waals surface area contributed by atoms with Gasteiger partial charge in [-0.15, -0.1) is 0 Å². The highest BCUT2D eigenvalue weighted by Crippen LogP contribution is 2.34. The molecule has 0 unspecified atom stereocenters. The molecule has 9 nitrogen and oxygen atoms in total. The number of aromatic hydroxyl groups is 1. The first-order valence-corrected chi connectivity index (χ1v) is 8.70. The van der Waals surface area contributed by atoms with Crippen LogP contribution in [0.4, 0.5) is 17.1 Å². The molecule has 0 saturated carbocycles. The molecule has 0 aliphatic rings. The second-order valence-electron chi connectivity index (χ2n) is 6.94. The van der Waals surface area contributed by atoms with Crippen LogP contribution in [0.25, 0.3) is 0 Å². The van der Waals surface area contributed by atoms with Gasteiger partial charge in [0.15, 0.2) is 0 Å². The van der Waals surface area contributed by atoms with Crippen molar-refractivity contribution < 1.29 is 15.0 Å². The molecule has 0 fully saturated rings. The summed E-state index contributed by atoms with van der Waals surface area (Å²) in [5.74, 6) is 0.477. The summed E-state index contributed by atoms with van der Waals surface area (Å²) in [6.07, 6.45) is 1.49. The standard InChI is InChI=1S/C19H22N4O5/c1-11(2)15-7-13(8-16(12(3)4)19(15)24)10-20-21-17-6-5-14(22(25)26)9-18(17)23(27)28/h5-12,21,24H,1-4H3/b20-10+. The molecule has 148 valence electrons. The monoisotopic (exact) mass is 386 g/mol. The van der Waals surface area contributed by atoms with E-state index in [-0.39, 0.29) is 29.0 Å².